The summed E-state index contributed by atoms with van der Waals surface area (Å²) in [7, 11) is 0. The van der Waals surface area contributed by atoms with E-state index in [1.54, 1.807) is 0 Å². The van der Waals surface area contributed by atoms with Crippen LogP contribution in [0.1, 0.15) is 0 Å². The van der Waals surface area contributed by atoms with E-state index >= 15 is 0 Å². The van der Waals surface area contributed by atoms with Crippen molar-refractivity contribution < 1.29 is 24.6 Å². The summed E-state index contributed by atoms with van der Waals surface area (Å²) in [6.45, 7) is 0. The first kappa shape index (κ1) is 7.63. The number of amides is 3. The average Bonchev–Trinajstić information content (AvgIpc) is 1.81. The van der Waals surface area contributed by atoms with Crippen LogP contribution in [-0.2, 0) is 9.59 Å². The topological polar surface area (TPSA) is 116 Å². The van der Waals surface area contributed by atoms with Crippen LogP contribution in [0.25, 0.3) is 0 Å². The number of hydrogen-bond donors (Lipinski definition) is 4. The van der Waals surface area contributed by atoms with Crippen molar-refractivity contribution in [3.63, 3.8) is 0 Å². The number of ketones is 1. The minimum absolute atomic E-state index is 1.13. The Morgan fingerprint density at radius 1 is 1.18 bits per heavy atom. The zero-order chi connectivity index (χ0) is 8.65. The summed E-state index contributed by atoms with van der Waals surface area (Å²) in [6, 6.07) is -1.13. The van der Waals surface area contributed by atoms with Crippen LogP contribution in [0, 0.1) is 0 Å². The van der Waals surface area contributed by atoms with Crippen LogP contribution in [-0.4, -0.2) is 33.8 Å². The number of imide groups is 1. The van der Waals surface area contributed by atoms with Crippen LogP contribution in [0.3, 0.4) is 0 Å². The molecular formula is C4H4N2O5. The predicted octanol–water partition coefficient (Wildman–Crippen LogP) is -2.97. The molecule has 1 heterocycles. The Morgan fingerprint density at radius 3 is 2.18 bits per heavy atom. The highest BCUT2D eigenvalue weighted by atomic mass is 16.5. The molecule has 0 aromatic rings. The van der Waals surface area contributed by atoms with Crippen molar-refractivity contribution in [2.45, 2.75) is 5.91 Å². The Labute approximate surface area is 60.0 Å². The molecule has 1 fully saturated rings. The molecule has 1 aliphatic rings. The Morgan fingerprint density at radius 2 is 1.73 bits per heavy atom. The van der Waals surface area contributed by atoms with Gasteiger partial charge >= 0.3 is 23.6 Å². The molecule has 1 rings (SSSR count). The lowest BCUT2D eigenvalue weighted by molar-refractivity contribution is -0.194. The Bertz CT molecular complexity index is 245. The highest BCUT2D eigenvalue weighted by Gasteiger charge is 2.45. The second kappa shape index (κ2) is 2.01. The summed E-state index contributed by atoms with van der Waals surface area (Å²) in [6.07, 6.45) is 0. The van der Waals surface area contributed by atoms with Gasteiger partial charge in [-0.2, -0.15) is 0 Å². The molecule has 0 saturated carbocycles. The van der Waals surface area contributed by atoms with E-state index < -0.39 is 23.6 Å². The summed E-state index contributed by atoms with van der Waals surface area (Å²) in [5.74, 6) is -5.93. The van der Waals surface area contributed by atoms with Crippen LogP contribution in [0.4, 0.5) is 4.79 Å². The van der Waals surface area contributed by atoms with Gasteiger partial charge in [0.25, 0.3) is 0 Å². The van der Waals surface area contributed by atoms with Gasteiger partial charge in [-0.15, -0.1) is 0 Å². The Balaban J connectivity index is 2.92. The lowest BCUT2D eigenvalue weighted by Crippen LogP contribution is -2.67. The normalized spacial score (nSPS) is 22.5. The van der Waals surface area contributed by atoms with E-state index in [1.807, 2.05) is 0 Å². The largest absolute Gasteiger partial charge is 0.342 e. The molecule has 7 nitrogen and oxygen atoms in total. The van der Waals surface area contributed by atoms with Gasteiger partial charge in [-0.1, -0.05) is 0 Å². The van der Waals surface area contributed by atoms with Crippen molar-refractivity contribution in [2.75, 3.05) is 0 Å². The third-order valence-electron chi connectivity index (χ3n) is 1.04. The third kappa shape index (κ3) is 1.18. The van der Waals surface area contributed by atoms with E-state index in [0.29, 0.717) is 0 Å². The van der Waals surface area contributed by atoms with Gasteiger partial charge in [-0.05, 0) is 0 Å². The van der Waals surface area contributed by atoms with Gasteiger partial charge in [0.15, 0.2) is 0 Å². The molecule has 3 amide bonds. The second-order valence-corrected chi connectivity index (χ2v) is 1.91. The molecule has 0 radical (unpaired) electrons. The second-order valence-electron chi connectivity index (χ2n) is 1.91. The first-order valence-electron chi connectivity index (χ1n) is 2.56. The van der Waals surface area contributed by atoms with Crippen molar-refractivity contribution in [3.05, 3.63) is 0 Å². The van der Waals surface area contributed by atoms with Crippen molar-refractivity contribution >= 4 is 17.7 Å². The summed E-state index contributed by atoms with van der Waals surface area (Å²) in [5.41, 5.74) is 0. The number of hydrogen-bond acceptors (Lipinski definition) is 5. The molecule has 0 spiro atoms. The zero-order valence-corrected chi connectivity index (χ0v) is 5.12. The molecule has 0 atom stereocenters. The number of aliphatic hydroxyl groups is 2. The van der Waals surface area contributed by atoms with Gasteiger partial charge in [0.2, 0.25) is 0 Å². The lowest BCUT2D eigenvalue weighted by atomic mass is 10.2. The molecule has 1 aliphatic heterocycles. The molecule has 0 bridgehead atoms. The Hall–Kier alpha value is -1.47. The first-order valence-corrected chi connectivity index (χ1v) is 2.56. The van der Waals surface area contributed by atoms with Crippen LogP contribution < -0.4 is 10.6 Å². The summed E-state index contributed by atoms with van der Waals surface area (Å²) >= 11 is 0. The summed E-state index contributed by atoms with van der Waals surface area (Å²) < 4.78 is 0. The summed E-state index contributed by atoms with van der Waals surface area (Å²) in [4.78, 5) is 31.2. The zero-order valence-electron chi connectivity index (χ0n) is 5.12. The van der Waals surface area contributed by atoms with Crippen LogP contribution in [0.2, 0.25) is 0 Å². The Kier molecular flexibility index (Phi) is 1.39. The standard InChI is InChI=1S/C4H4N2O5/c7-1-2(8)5-3(9)6-4(1,10)11/h10-11H,(H2,5,6,8,9). The highest BCUT2D eigenvalue weighted by Crippen LogP contribution is 2.00. The number of urea groups is 1. The van der Waals surface area contributed by atoms with Crippen LogP contribution in [0.5, 0.6) is 0 Å². The van der Waals surface area contributed by atoms with E-state index in [2.05, 4.69) is 0 Å². The molecule has 1 saturated heterocycles. The quantitative estimate of drug-likeness (QED) is 0.223. The minimum Gasteiger partial charge on any atom is -0.342 e. The SMILES string of the molecule is O=C1NC(=O)C(=O)C(O)(O)N1. The van der Waals surface area contributed by atoms with Gasteiger partial charge in [-0.3, -0.25) is 20.2 Å². The molecule has 7 heteroatoms. The smallest absolute Gasteiger partial charge is 0.326 e. The van der Waals surface area contributed by atoms with Gasteiger partial charge in [-0.25, -0.2) is 4.79 Å². The van der Waals surface area contributed by atoms with Gasteiger partial charge in [0.05, 0.1) is 0 Å². The lowest BCUT2D eigenvalue weighted by Gasteiger charge is -2.24. The molecule has 0 aliphatic carbocycles. The minimum atomic E-state index is -3.07. The van der Waals surface area contributed by atoms with E-state index in [0.717, 1.165) is 0 Å². The molecular weight excluding hydrogens is 156 g/mol. The maximum absolute atomic E-state index is 10.5. The fraction of sp³-hybridized carbons (Fsp3) is 0.250. The number of rotatable bonds is 0. The van der Waals surface area contributed by atoms with Crippen LogP contribution in [0.15, 0.2) is 0 Å². The number of carbonyl (C=O) groups excluding carboxylic acids is 3. The highest BCUT2D eigenvalue weighted by molar-refractivity contribution is 6.42. The molecule has 60 valence electrons. The maximum Gasteiger partial charge on any atom is 0.326 e. The number of nitrogens with one attached hydrogen (secondary N) is 2. The third-order valence-corrected chi connectivity index (χ3v) is 1.04. The monoisotopic (exact) mass is 160 g/mol. The summed E-state index contributed by atoms with van der Waals surface area (Å²) in [5, 5.41) is 20.1. The molecule has 0 unspecified atom stereocenters. The fourth-order valence-electron chi connectivity index (χ4n) is 0.565. The van der Waals surface area contributed by atoms with Crippen LogP contribution >= 0.6 is 0 Å². The molecule has 11 heavy (non-hydrogen) atoms. The van der Waals surface area contributed by atoms with Crippen molar-refractivity contribution in [3.8, 4) is 0 Å². The van der Waals surface area contributed by atoms with E-state index in [-0.39, 0.29) is 0 Å². The van der Waals surface area contributed by atoms with Gasteiger partial charge in [0.1, 0.15) is 0 Å². The van der Waals surface area contributed by atoms with Crippen molar-refractivity contribution in [1.82, 2.24) is 10.6 Å². The van der Waals surface area contributed by atoms with Gasteiger partial charge in [0, 0.05) is 0 Å². The fourth-order valence-corrected chi connectivity index (χ4v) is 0.565. The first-order chi connectivity index (χ1) is 4.93. The molecule has 0 aromatic heterocycles. The average molecular weight is 160 g/mol. The van der Waals surface area contributed by atoms with Crippen molar-refractivity contribution in [1.29, 1.82) is 0 Å². The predicted molar refractivity (Wildman–Crippen MR) is 28.9 cm³/mol. The van der Waals surface area contributed by atoms with E-state index in [9.17, 15) is 14.4 Å². The molecule has 4 N–H and O–H groups in total. The maximum atomic E-state index is 10.5. The van der Waals surface area contributed by atoms with Gasteiger partial charge < -0.3 is 10.2 Å². The van der Waals surface area contributed by atoms with Crippen molar-refractivity contribution in [2.24, 2.45) is 0 Å². The number of Topliss-reactive ketones (excluding diaryl/α,β-unsaturated/α-hetero) is 1. The molecule has 0 aromatic carbocycles. The number of carbonyl (C=O) groups is 3. The van der Waals surface area contributed by atoms with E-state index in [4.69, 9.17) is 10.2 Å². The van der Waals surface area contributed by atoms with E-state index in [1.165, 1.54) is 10.6 Å².